The van der Waals surface area contributed by atoms with Crippen molar-refractivity contribution in [3.63, 3.8) is 0 Å². The quantitative estimate of drug-likeness (QED) is 0.155. The Bertz CT molecular complexity index is 269. The molecule has 0 unspecified atom stereocenters. The third kappa shape index (κ3) is 3560. The van der Waals surface area contributed by atoms with Crippen molar-refractivity contribution in [2.24, 2.45) is 0 Å². The van der Waals surface area contributed by atoms with Crippen LogP contribution in [0.3, 0.4) is 0 Å². The molecule has 0 aromatic rings. The molecule has 0 saturated carbocycles. The molecular weight excluding hydrogens is 704 g/mol. The van der Waals surface area contributed by atoms with Crippen LogP contribution in [0.25, 0.3) is 0 Å². The average molecular weight is 704 g/mol. The van der Waals surface area contributed by atoms with Crippen LogP contribution in [-0.4, -0.2) is 25.9 Å². The van der Waals surface area contributed by atoms with E-state index in [1.54, 1.807) is 0 Å². The molecule has 0 aliphatic carbocycles. The number of halogens is 18. The van der Waals surface area contributed by atoms with Gasteiger partial charge in [0.2, 0.25) is 0 Å². The smallest absolute Gasteiger partial charge is 3.00 e. The normalized spacial score (nSPS) is 21.1. The Balaban J connectivity index is -0.0000000675. The van der Waals surface area contributed by atoms with Gasteiger partial charge in [0.05, 0.1) is 0 Å². The summed E-state index contributed by atoms with van der Waals surface area (Å²) in [6.07, 6.45) is 0. The molecule has 0 fully saturated rings. The molecule has 23 heavy (non-hydrogen) atoms. The maximum Gasteiger partial charge on any atom is 3.00 e. The first-order valence-corrected chi connectivity index (χ1v) is 10.2. The zero-order chi connectivity index (χ0) is 19.2. The van der Waals surface area contributed by atoms with Gasteiger partial charge in [0, 0.05) is 0 Å². The summed E-state index contributed by atoms with van der Waals surface area (Å²) in [6, 6.07) is 0. The Kier molecular flexibility index (Phi) is 8.78. The van der Waals surface area contributed by atoms with Crippen LogP contribution in [0.2, 0.25) is 0 Å². The van der Waals surface area contributed by atoms with Crippen molar-refractivity contribution in [2.75, 3.05) is 0 Å². The maximum atomic E-state index is 9.88. The van der Waals surface area contributed by atoms with Gasteiger partial charge in [-0.1, -0.05) is 0 Å². The molecule has 0 heterocycles. The van der Waals surface area contributed by atoms with Gasteiger partial charge in [-0.2, -0.15) is 0 Å². The monoisotopic (exact) mass is 704 g/mol. The molecule has 0 radical (unpaired) electrons. The summed E-state index contributed by atoms with van der Waals surface area (Å²) in [6.45, 7) is 0. The molecule has 0 spiro atoms. The summed E-state index contributed by atoms with van der Waals surface area (Å²) < 4.78 is 178. The molecule has 23 heteroatoms. The van der Waals surface area contributed by atoms with E-state index in [9.17, 15) is 73.9 Å². The van der Waals surface area contributed by atoms with Crippen molar-refractivity contribution < 1.29 is 145 Å². The predicted molar refractivity (Wildman–Crippen MR) is 37.2 cm³/mol. The third-order valence-electron chi connectivity index (χ3n) is 0. The van der Waals surface area contributed by atoms with Crippen LogP contribution in [0.4, 0.5) is 73.9 Å². The zero-order valence-corrected chi connectivity index (χ0v) is 19.7. The molecule has 0 saturated heterocycles. The van der Waals surface area contributed by atoms with E-state index in [0.29, 0.717) is 0 Å². The first-order chi connectivity index (χ1) is 7.35. The summed E-state index contributed by atoms with van der Waals surface area (Å²) in [5.74, 6) is 0. The predicted octanol–water partition coefficient (Wildman–Crippen LogP) is 6.42. The van der Waals surface area contributed by atoms with E-state index in [-0.39, 0.29) is 71.2 Å². The molecule has 0 nitrogen and oxygen atoms in total. The van der Waals surface area contributed by atoms with Gasteiger partial charge in [-0.15, -0.1) is 0 Å². The molecular formula is F18La2Si3. The fourth-order valence-corrected chi connectivity index (χ4v) is 0. The molecule has 0 atom stereocenters. The van der Waals surface area contributed by atoms with Gasteiger partial charge >= 0.3 is 171 Å². The van der Waals surface area contributed by atoms with Gasteiger partial charge in [-0.05, 0) is 0 Å². The van der Waals surface area contributed by atoms with Crippen molar-refractivity contribution in [2.45, 2.75) is 0 Å². The van der Waals surface area contributed by atoms with Crippen LogP contribution in [0.15, 0.2) is 0 Å². The number of hydrogen-bond donors (Lipinski definition) is 0. The Labute approximate surface area is 169 Å². The second-order valence-electron chi connectivity index (χ2n) is 3.21. The van der Waals surface area contributed by atoms with Crippen LogP contribution >= 0.6 is 0 Å². The molecule has 0 N–H and O–H groups in total. The van der Waals surface area contributed by atoms with Crippen LogP contribution in [0, 0.1) is 71.2 Å². The topological polar surface area (TPSA) is 0 Å². The maximum absolute atomic E-state index is 10.8. The van der Waals surface area contributed by atoms with Gasteiger partial charge in [-0.25, -0.2) is 0 Å². The van der Waals surface area contributed by atoms with E-state index >= 15 is 0 Å². The summed E-state index contributed by atoms with van der Waals surface area (Å²) in [7, 11) is -32.5. The summed E-state index contributed by atoms with van der Waals surface area (Å²) in [5.41, 5.74) is 0. The minimum absolute atomic E-state index is 0. The Morgan fingerprint density at radius 3 is 0.217 bits per heavy atom. The van der Waals surface area contributed by atoms with Crippen molar-refractivity contribution in [3.05, 3.63) is 0 Å². The van der Waals surface area contributed by atoms with E-state index in [2.05, 4.69) is 0 Å². The van der Waals surface area contributed by atoms with Crippen LogP contribution in [0.5, 0.6) is 0 Å². The second-order valence-corrected chi connectivity index (χ2v) is 9.64. The van der Waals surface area contributed by atoms with Crippen LogP contribution in [-0.2, 0) is 0 Å². The second kappa shape index (κ2) is 5.64. The van der Waals surface area contributed by atoms with E-state index in [0.717, 1.165) is 0 Å². The van der Waals surface area contributed by atoms with Gasteiger partial charge in [0.1, 0.15) is 0 Å². The number of rotatable bonds is 0. The Morgan fingerprint density at radius 2 is 0.217 bits per heavy atom. The van der Waals surface area contributed by atoms with Gasteiger partial charge < -0.3 is 0 Å². The van der Waals surface area contributed by atoms with Gasteiger partial charge in [-0.3, -0.25) is 0 Å². The molecule has 0 aliphatic rings. The van der Waals surface area contributed by atoms with E-state index < -0.39 is 25.9 Å². The SMILES string of the molecule is F[Si-2](F)(F)(F)(F)F.F[Si-2](F)(F)(F)(F)F.F[Si-2](F)(F)(F)(F)F.[La+3].[La+3]. The van der Waals surface area contributed by atoms with Crippen LogP contribution < -0.4 is 0 Å². The molecule has 0 bridgehead atoms. The first kappa shape index (κ1) is 35.8. The summed E-state index contributed by atoms with van der Waals surface area (Å²) in [5, 5.41) is 0. The Morgan fingerprint density at radius 1 is 0.217 bits per heavy atom. The van der Waals surface area contributed by atoms with Crippen molar-refractivity contribution in [3.8, 4) is 0 Å². The average Bonchev–Trinajstić information content (AvgIpc) is 1.19. The third-order valence-corrected chi connectivity index (χ3v) is 0. The Hall–Kier alpha value is 1.78. The van der Waals surface area contributed by atoms with Crippen molar-refractivity contribution in [1.82, 2.24) is 0 Å². The molecule has 0 aliphatic heterocycles. The molecule has 144 valence electrons. The van der Waals surface area contributed by atoms with Crippen molar-refractivity contribution in [1.29, 1.82) is 0 Å². The van der Waals surface area contributed by atoms with E-state index in [1.807, 2.05) is 0 Å². The molecule has 0 aromatic carbocycles. The van der Waals surface area contributed by atoms with Crippen molar-refractivity contribution >= 4 is 25.9 Å². The fourth-order valence-electron chi connectivity index (χ4n) is 0. The molecule has 0 rings (SSSR count). The van der Waals surface area contributed by atoms with Gasteiger partial charge in [0.15, 0.2) is 0 Å². The molecule has 0 amide bonds. The van der Waals surface area contributed by atoms with Crippen LogP contribution in [0.1, 0.15) is 0 Å². The first-order valence-electron chi connectivity index (χ1n) is 3.40. The minimum atomic E-state index is -10.8. The zero-order valence-electron chi connectivity index (χ0n) is 9.46. The standard InChI is InChI=1S/3F6Si.2La/c3*1-7(2,3,4,5)6;;/q3*-2;2*+3. The largest absolute Gasteiger partial charge is 3.00 e. The van der Waals surface area contributed by atoms with E-state index in [4.69, 9.17) is 0 Å². The van der Waals surface area contributed by atoms with E-state index in [1.165, 1.54) is 0 Å². The minimum Gasteiger partial charge on any atom is 3.00 e. The summed E-state index contributed by atoms with van der Waals surface area (Å²) >= 11 is 0. The van der Waals surface area contributed by atoms with Gasteiger partial charge in [0.25, 0.3) is 0 Å². The fraction of sp³-hybridized carbons (Fsp3) is 0. The molecule has 0 aromatic heterocycles. The number of hydrogen-bond acceptors (Lipinski definition) is 0. The summed E-state index contributed by atoms with van der Waals surface area (Å²) in [4.78, 5) is 0.